The Kier molecular flexibility index (Phi) is 5.16. The van der Waals surface area contributed by atoms with E-state index in [2.05, 4.69) is 4.72 Å². The lowest BCUT2D eigenvalue weighted by molar-refractivity contribution is 0.177. The second-order valence-corrected chi connectivity index (χ2v) is 8.72. The van der Waals surface area contributed by atoms with Crippen LogP contribution in [0.15, 0.2) is 23.1 Å². The number of nitrogens with one attached hydrogen (secondary N) is 1. The SMILES string of the molecule is NC(CNS(=O)(=O)c1cc(Cl)ccc1OCC1CCC1)C1CC1. The molecule has 0 radical (unpaired) electrons. The maximum atomic E-state index is 12.6. The van der Waals surface area contributed by atoms with E-state index in [1.807, 2.05) is 0 Å². The average molecular weight is 359 g/mol. The van der Waals surface area contributed by atoms with Crippen LogP contribution in [0.3, 0.4) is 0 Å². The van der Waals surface area contributed by atoms with Crippen molar-refractivity contribution >= 4 is 21.6 Å². The molecule has 0 aromatic heterocycles. The number of ether oxygens (including phenoxy) is 1. The smallest absolute Gasteiger partial charge is 0.244 e. The van der Waals surface area contributed by atoms with Gasteiger partial charge in [-0.2, -0.15) is 0 Å². The molecule has 128 valence electrons. The molecule has 23 heavy (non-hydrogen) atoms. The lowest BCUT2D eigenvalue weighted by Crippen LogP contribution is -2.38. The fraction of sp³-hybridized carbons (Fsp3) is 0.625. The first kappa shape index (κ1) is 17.0. The second kappa shape index (κ2) is 6.97. The fourth-order valence-electron chi connectivity index (χ4n) is 2.65. The second-order valence-electron chi connectivity index (χ2n) is 6.55. The van der Waals surface area contributed by atoms with E-state index in [0.717, 1.165) is 25.7 Å². The molecule has 0 heterocycles. The molecule has 2 fully saturated rings. The number of hydrogen-bond donors (Lipinski definition) is 2. The van der Waals surface area contributed by atoms with E-state index in [1.165, 1.54) is 12.5 Å². The van der Waals surface area contributed by atoms with Crippen LogP contribution >= 0.6 is 11.6 Å². The van der Waals surface area contributed by atoms with Gasteiger partial charge in [-0.05, 0) is 55.7 Å². The molecule has 0 amide bonds. The Hall–Kier alpha value is -0.820. The summed E-state index contributed by atoms with van der Waals surface area (Å²) in [6, 6.07) is 4.56. The van der Waals surface area contributed by atoms with Crippen LogP contribution in [-0.4, -0.2) is 27.6 Å². The highest BCUT2D eigenvalue weighted by atomic mass is 35.5. The predicted molar refractivity (Wildman–Crippen MR) is 90.2 cm³/mol. The third kappa shape index (κ3) is 4.38. The highest BCUT2D eigenvalue weighted by Gasteiger charge is 2.30. The van der Waals surface area contributed by atoms with Gasteiger partial charge in [0.2, 0.25) is 10.0 Å². The van der Waals surface area contributed by atoms with Gasteiger partial charge < -0.3 is 10.5 Å². The molecule has 3 rings (SSSR count). The van der Waals surface area contributed by atoms with Crippen LogP contribution < -0.4 is 15.2 Å². The van der Waals surface area contributed by atoms with Crippen LogP contribution in [0.5, 0.6) is 5.75 Å². The summed E-state index contributed by atoms with van der Waals surface area (Å²) in [5.74, 6) is 1.32. The van der Waals surface area contributed by atoms with Gasteiger partial charge in [0, 0.05) is 17.6 Å². The summed E-state index contributed by atoms with van der Waals surface area (Å²) >= 11 is 5.97. The molecular weight excluding hydrogens is 336 g/mol. The Labute approximate surface area is 142 Å². The van der Waals surface area contributed by atoms with Crippen molar-refractivity contribution in [3.8, 4) is 5.75 Å². The minimum absolute atomic E-state index is 0.0901. The van der Waals surface area contributed by atoms with Crippen LogP contribution in [-0.2, 0) is 10.0 Å². The molecule has 1 atom stereocenters. The largest absolute Gasteiger partial charge is 0.492 e. The Morgan fingerprint density at radius 2 is 2.04 bits per heavy atom. The van der Waals surface area contributed by atoms with E-state index in [4.69, 9.17) is 22.1 Å². The molecular formula is C16H23ClN2O3S. The number of hydrogen-bond acceptors (Lipinski definition) is 4. The molecule has 1 aromatic carbocycles. The Morgan fingerprint density at radius 1 is 1.30 bits per heavy atom. The zero-order chi connectivity index (χ0) is 16.4. The summed E-state index contributed by atoms with van der Waals surface area (Å²) in [6.07, 6.45) is 5.67. The standard InChI is InChI=1S/C16H23ClN2O3S/c17-13-6-7-15(22-10-11-2-1-3-11)16(8-13)23(20,21)19-9-14(18)12-4-5-12/h6-8,11-12,14,19H,1-5,9-10,18H2. The van der Waals surface area contributed by atoms with E-state index in [9.17, 15) is 8.42 Å². The molecule has 0 spiro atoms. The van der Waals surface area contributed by atoms with E-state index in [1.54, 1.807) is 12.1 Å². The highest BCUT2D eigenvalue weighted by Crippen LogP contribution is 2.33. The average Bonchev–Trinajstić information content (AvgIpc) is 3.29. The highest BCUT2D eigenvalue weighted by molar-refractivity contribution is 7.89. The van der Waals surface area contributed by atoms with Crippen LogP contribution in [0.25, 0.3) is 0 Å². The third-order valence-electron chi connectivity index (χ3n) is 4.63. The normalized spacial score (nSPS) is 20.1. The number of sulfonamides is 1. The predicted octanol–water partition coefficient (Wildman–Crippen LogP) is 2.53. The number of nitrogens with two attached hydrogens (primary N) is 1. The van der Waals surface area contributed by atoms with Crippen molar-refractivity contribution in [1.82, 2.24) is 4.72 Å². The summed E-state index contributed by atoms with van der Waals surface area (Å²) in [4.78, 5) is 0.0901. The Morgan fingerprint density at radius 3 is 2.65 bits per heavy atom. The summed E-state index contributed by atoms with van der Waals surface area (Å²) in [7, 11) is -3.69. The van der Waals surface area contributed by atoms with E-state index >= 15 is 0 Å². The topological polar surface area (TPSA) is 81.4 Å². The minimum atomic E-state index is -3.69. The van der Waals surface area contributed by atoms with Crippen molar-refractivity contribution in [2.24, 2.45) is 17.6 Å². The molecule has 3 N–H and O–H groups in total. The van der Waals surface area contributed by atoms with E-state index in [0.29, 0.717) is 29.2 Å². The van der Waals surface area contributed by atoms with Gasteiger partial charge in [0.1, 0.15) is 10.6 Å². The number of benzene rings is 1. The molecule has 7 heteroatoms. The molecule has 1 aromatic rings. The summed E-state index contributed by atoms with van der Waals surface area (Å²) in [6.45, 7) is 0.785. The van der Waals surface area contributed by atoms with Gasteiger partial charge in [-0.25, -0.2) is 13.1 Å². The van der Waals surface area contributed by atoms with Gasteiger partial charge in [0.05, 0.1) is 6.61 Å². The molecule has 1 unspecified atom stereocenters. The first-order chi connectivity index (χ1) is 11.0. The lowest BCUT2D eigenvalue weighted by atomic mass is 9.86. The lowest BCUT2D eigenvalue weighted by Gasteiger charge is -2.25. The molecule has 2 saturated carbocycles. The Balaban J connectivity index is 1.70. The quantitative estimate of drug-likeness (QED) is 0.748. The van der Waals surface area contributed by atoms with Gasteiger partial charge in [0.15, 0.2) is 0 Å². The first-order valence-electron chi connectivity index (χ1n) is 8.13. The van der Waals surface area contributed by atoms with Crippen molar-refractivity contribution in [1.29, 1.82) is 0 Å². The number of halogens is 1. The summed E-state index contributed by atoms with van der Waals surface area (Å²) in [5, 5.41) is 0.368. The summed E-state index contributed by atoms with van der Waals surface area (Å²) in [5.41, 5.74) is 5.97. The maximum absolute atomic E-state index is 12.6. The van der Waals surface area contributed by atoms with E-state index < -0.39 is 10.0 Å². The molecule has 0 bridgehead atoms. The molecule has 5 nitrogen and oxygen atoms in total. The summed E-state index contributed by atoms with van der Waals surface area (Å²) < 4.78 is 33.5. The number of rotatable bonds is 8. The molecule has 2 aliphatic carbocycles. The van der Waals surface area contributed by atoms with E-state index in [-0.39, 0.29) is 17.5 Å². The van der Waals surface area contributed by atoms with Crippen LogP contribution in [0.1, 0.15) is 32.1 Å². The van der Waals surface area contributed by atoms with Gasteiger partial charge >= 0.3 is 0 Å². The van der Waals surface area contributed by atoms with Crippen molar-refractivity contribution in [2.75, 3.05) is 13.2 Å². The molecule has 0 aliphatic heterocycles. The minimum Gasteiger partial charge on any atom is -0.492 e. The van der Waals surface area contributed by atoms with Crippen molar-refractivity contribution in [2.45, 2.75) is 43.0 Å². The molecule has 2 aliphatic rings. The van der Waals surface area contributed by atoms with Gasteiger partial charge in [-0.3, -0.25) is 0 Å². The third-order valence-corrected chi connectivity index (χ3v) is 6.31. The Bertz CT molecular complexity index is 657. The van der Waals surface area contributed by atoms with Crippen molar-refractivity contribution < 1.29 is 13.2 Å². The van der Waals surface area contributed by atoms with Crippen LogP contribution in [0, 0.1) is 11.8 Å². The van der Waals surface area contributed by atoms with Gasteiger partial charge in [0.25, 0.3) is 0 Å². The monoisotopic (exact) mass is 358 g/mol. The van der Waals surface area contributed by atoms with Gasteiger partial charge in [-0.15, -0.1) is 0 Å². The van der Waals surface area contributed by atoms with Crippen molar-refractivity contribution in [3.63, 3.8) is 0 Å². The van der Waals surface area contributed by atoms with Crippen molar-refractivity contribution in [3.05, 3.63) is 23.2 Å². The van der Waals surface area contributed by atoms with Gasteiger partial charge in [-0.1, -0.05) is 18.0 Å². The first-order valence-corrected chi connectivity index (χ1v) is 9.99. The zero-order valence-corrected chi connectivity index (χ0v) is 14.6. The van der Waals surface area contributed by atoms with Crippen LogP contribution in [0.2, 0.25) is 5.02 Å². The maximum Gasteiger partial charge on any atom is 0.244 e. The zero-order valence-electron chi connectivity index (χ0n) is 13.0. The molecule has 0 saturated heterocycles. The van der Waals surface area contributed by atoms with Crippen LogP contribution in [0.4, 0.5) is 0 Å². The fourth-order valence-corrected chi connectivity index (χ4v) is 4.13.